The Morgan fingerprint density at radius 1 is 1.67 bits per heavy atom. The van der Waals surface area contributed by atoms with E-state index < -0.39 is 0 Å². The summed E-state index contributed by atoms with van der Waals surface area (Å²) in [5.74, 6) is 0.653. The van der Waals surface area contributed by atoms with E-state index in [1.54, 1.807) is 0 Å². The van der Waals surface area contributed by atoms with Crippen molar-refractivity contribution in [3.05, 3.63) is 16.3 Å². The molecule has 3 N–H and O–H groups in total. The maximum Gasteiger partial charge on any atom is 0.340 e. The third kappa shape index (κ3) is 2.50. The molecule has 1 aromatic heterocycles. The van der Waals surface area contributed by atoms with Gasteiger partial charge in [-0.25, -0.2) is 9.89 Å². The van der Waals surface area contributed by atoms with Crippen molar-refractivity contribution in [1.82, 2.24) is 20.5 Å². The molecule has 0 aliphatic rings. The number of aromatic amines is 2. The lowest BCUT2D eigenvalue weighted by atomic mass is 10.2. The molecule has 5 nitrogen and oxygen atoms in total. The maximum atomic E-state index is 10.6. The molecule has 1 aromatic rings. The highest BCUT2D eigenvalue weighted by Gasteiger charge is 2.00. The quantitative estimate of drug-likeness (QED) is 0.595. The minimum atomic E-state index is -0.254. The van der Waals surface area contributed by atoms with Crippen molar-refractivity contribution in [3.63, 3.8) is 0 Å². The molecular weight excluding hydrogens is 156 g/mol. The van der Waals surface area contributed by atoms with Gasteiger partial charge in [0.15, 0.2) is 0 Å². The number of hydrogen-bond donors (Lipinski definition) is 3. The average molecular weight is 170 g/mol. The predicted molar refractivity (Wildman–Crippen MR) is 45.8 cm³/mol. The van der Waals surface area contributed by atoms with Crippen molar-refractivity contribution < 1.29 is 0 Å². The zero-order chi connectivity index (χ0) is 8.97. The minimum absolute atomic E-state index is 0.254. The first-order chi connectivity index (χ1) is 5.72. The van der Waals surface area contributed by atoms with Crippen LogP contribution in [0.2, 0.25) is 0 Å². The number of nitrogens with zero attached hydrogens (tertiary/aromatic N) is 1. The Hall–Kier alpha value is -1.10. The van der Waals surface area contributed by atoms with E-state index in [-0.39, 0.29) is 5.69 Å². The zero-order valence-electron chi connectivity index (χ0n) is 7.35. The Kier molecular flexibility index (Phi) is 3.04. The summed E-state index contributed by atoms with van der Waals surface area (Å²) in [5.41, 5.74) is -0.254. The second-order valence-corrected chi connectivity index (χ2v) is 2.81. The molecular formula is C7H14N4O. The molecule has 0 amide bonds. The summed E-state index contributed by atoms with van der Waals surface area (Å²) < 4.78 is 0. The van der Waals surface area contributed by atoms with Crippen molar-refractivity contribution in [1.29, 1.82) is 0 Å². The number of H-pyrrole nitrogens is 2. The highest BCUT2D eigenvalue weighted by molar-refractivity contribution is 4.79. The van der Waals surface area contributed by atoms with Gasteiger partial charge < -0.3 is 5.32 Å². The second kappa shape index (κ2) is 4.06. The summed E-state index contributed by atoms with van der Waals surface area (Å²) in [7, 11) is 0. The van der Waals surface area contributed by atoms with Crippen LogP contribution in [0.4, 0.5) is 0 Å². The van der Waals surface area contributed by atoms with Crippen LogP contribution in [-0.2, 0) is 6.54 Å². The first-order valence-electron chi connectivity index (χ1n) is 4.09. The highest BCUT2D eigenvalue weighted by atomic mass is 16.1. The standard InChI is InChI=1S/C7H14N4O/c1-3-5(2)8-4-6-9-7(12)11-10-6/h5,8H,3-4H2,1-2H3,(H2,9,10,11,12). The first-order valence-corrected chi connectivity index (χ1v) is 4.09. The molecule has 0 spiro atoms. The van der Waals surface area contributed by atoms with Gasteiger partial charge in [0.25, 0.3) is 0 Å². The van der Waals surface area contributed by atoms with Crippen LogP contribution in [0.1, 0.15) is 26.1 Å². The fourth-order valence-corrected chi connectivity index (χ4v) is 0.804. The van der Waals surface area contributed by atoms with Gasteiger partial charge in [-0.05, 0) is 13.3 Å². The number of aromatic nitrogens is 3. The summed E-state index contributed by atoms with van der Waals surface area (Å²) in [5, 5.41) is 9.28. The van der Waals surface area contributed by atoms with Gasteiger partial charge in [0, 0.05) is 6.04 Å². The third-order valence-corrected chi connectivity index (χ3v) is 1.78. The zero-order valence-corrected chi connectivity index (χ0v) is 7.35. The lowest BCUT2D eigenvalue weighted by molar-refractivity contribution is 0.523. The Labute approximate surface area is 70.6 Å². The van der Waals surface area contributed by atoms with Crippen LogP contribution in [-0.4, -0.2) is 21.2 Å². The van der Waals surface area contributed by atoms with Crippen LogP contribution in [0.3, 0.4) is 0 Å². The fraction of sp³-hybridized carbons (Fsp3) is 0.714. The Morgan fingerprint density at radius 3 is 2.92 bits per heavy atom. The van der Waals surface area contributed by atoms with E-state index in [1.165, 1.54) is 0 Å². The molecule has 5 heteroatoms. The van der Waals surface area contributed by atoms with Crippen molar-refractivity contribution >= 4 is 0 Å². The van der Waals surface area contributed by atoms with E-state index in [2.05, 4.69) is 34.3 Å². The molecule has 0 bridgehead atoms. The van der Waals surface area contributed by atoms with Gasteiger partial charge in [-0.2, -0.15) is 5.10 Å². The Bertz CT molecular complexity index is 277. The molecule has 0 aliphatic heterocycles. The van der Waals surface area contributed by atoms with Crippen LogP contribution in [0.15, 0.2) is 4.79 Å². The molecule has 0 aromatic carbocycles. The first kappa shape index (κ1) is 8.99. The predicted octanol–water partition coefficient (Wildman–Crippen LogP) is -0.0139. The molecule has 0 fully saturated rings. The monoisotopic (exact) mass is 170 g/mol. The molecule has 1 rings (SSSR count). The van der Waals surface area contributed by atoms with Crippen LogP contribution in [0.25, 0.3) is 0 Å². The Morgan fingerprint density at radius 2 is 2.42 bits per heavy atom. The van der Waals surface area contributed by atoms with E-state index in [0.29, 0.717) is 18.4 Å². The van der Waals surface area contributed by atoms with Gasteiger partial charge in [-0.15, -0.1) is 0 Å². The SMILES string of the molecule is CCC(C)NCc1n[nH]c(=O)[nH]1. The van der Waals surface area contributed by atoms with E-state index >= 15 is 0 Å². The number of hydrogen-bond acceptors (Lipinski definition) is 3. The van der Waals surface area contributed by atoms with Crippen molar-refractivity contribution in [2.24, 2.45) is 0 Å². The molecule has 0 radical (unpaired) electrons. The molecule has 0 saturated carbocycles. The largest absolute Gasteiger partial charge is 0.340 e. The average Bonchev–Trinajstić information content (AvgIpc) is 2.47. The second-order valence-electron chi connectivity index (χ2n) is 2.81. The molecule has 12 heavy (non-hydrogen) atoms. The van der Waals surface area contributed by atoms with E-state index in [0.717, 1.165) is 6.42 Å². The maximum absolute atomic E-state index is 10.6. The number of nitrogens with one attached hydrogen (secondary N) is 3. The molecule has 0 saturated heterocycles. The van der Waals surface area contributed by atoms with Gasteiger partial charge >= 0.3 is 5.69 Å². The normalized spacial score (nSPS) is 13.2. The van der Waals surface area contributed by atoms with Gasteiger partial charge in [0.05, 0.1) is 6.54 Å². The summed E-state index contributed by atoms with van der Waals surface area (Å²) in [6.45, 7) is 4.80. The molecule has 1 heterocycles. The van der Waals surface area contributed by atoms with Gasteiger partial charge in [-0.3, -0.25) is 4.98 Å². The van der Waals surface area contributed by atoms with E-state index in [4.69, 9.17) is 0 Å². The summed E-state index contributed by atoms with van der Waals surface area (Å²) >= 11 is 0. The highest BCUT2D eigenvalue weighted by Crippen LogP contribution is 1.89. The third-order valence-electron chi connectivity index (χ3n) is 1.78. The fourth-order valence-electron chi connectivity index (χ4n) is 0.804. The Balaban J connectivity index is 2.38. The van der Waals surface area contributed by atoms with Crippen LogP contribution in [0, 0.1) is 0 Å². The topological polar surface area (TPSA) is 73.6 Å². The minimum Gasteiger partial charge on any atom is -0.307 e. The van der Waals surface area contributed by atoms with Crippen molar-refractivity contribution in [3.8, 4) is 0 Å². The lowest BCUT2D eigenvalue weighted by Gasteiger charge is -2.08. The van der Waals surface area contributed by atoms with Crippen LogP contribution in [0.5, 0.6) is 0 Å². The summed E-state index contributed by atoms with van der Waals surface area (Å²) in [4.78, 5) is 13.2. The smallest absolute Gasteiger partial charge is 0.307 e. The van der Waals surface area contributed by atoms with Gasteiger partial charge in [0.1, 0.15) is 5.82 Å². The van der Waals surface area contributed by atoms with Crippen LogP contribution >= 0.6 is 0 Å². The lowest BCUT2D eigenvalue weighted by Crippen LogP contribution is -2.25. The van der Waals surface area contributed by atoms with Crippen LogP contribution < -0.4 is 11.0 Å². The summed E-state index contributed by atoms with van der Waals surface area (Å²) in [6, 6.07) is 0.449. The van der Waals surface area contributed by atoms with Crippen molar-refractivity contribution in [2.45, 2.75) is 32.9 Å². The van der Waals surface area contributed by atoms with Gasteiger partial charge in [0.2, 0.25) is 0 Å². The molecule has 1 unspecified atom stereocenters. The van der Waals surface area contributed by atoms with Gasteiger partial charge in [-0.1, -0.05) is 6.92 Å². The van der Waals surface area contributed by atoms with Crippen molar-refractivity contribution in [2.75, 3.05) is 0 Å². The molecule has 68 valence electrons. The molecule has 1 atom stereocenters. The number of rotatable bonds is 4. The summed E-state index contributed by atoms with van der Waals surface area (Å²) in [6.07, 6.45) is 1.06. The van der Waals surface area contributed by atoms with E-state index in [9.17, 15) is 4.79 Å². The molecule has 0 aliphatic carbocycles. The van der Waals surface area contributed by atoms with E-state index in [1.807, 2.05) is 0 Å².